The number of nitrogens with zero attached hydrogens (tertiary/aromatic N) is 1. The zero-order valence-corrected chi connectivity index (χ0v) is 14.1. The summed E-state index contributed by atoms with van der Waals surface area (Å²) in [5.41, 5.74) is 4.38. The molecule has 0 aliphatic carbocycles. The molecule has 3 nitrogen and oxygen atoms in total. The number of hydrogen-bond acceptors (Lipinski definition) is 3. The quantitative estimate of drug-likeness (QED) is 0.849. The predicted octanol–water partition coefficient (Wildman–Crippen LogP) is 3.82. The summed E-state index contributed by atoms with van der Waals surface area (Å²) in [7, 11) is 0. The van der Waals surface area contributed by atoms with Crippen LogP contribution in [-0.4, -0.2) is 24.0 Å². The van der Waals surface area contributed by atoms with Gasteiger partial charge in [-0.15, -0.1) is 0 Å². The maximum absolute atomic E-state index is 13.3. The number of Topliss-reactive ketones (excluding diaryl/α,β-unsaturated/α-hetero) is 1. The smallest absolute Gasteiger partial charge is 0.159 e. The normalized spacial score (nSPS) is 14.6. The average molecular weight is 327 g/mol. The van der Waals surface area contributed by atoms with E-state index < -0.39 is 6.10 Å². The summed E-state index contributed by atoms with van der Waals surface area (Å²) in [6.07, 6.45) is 0.895. The van der Waals surface area contributed by atoms with E-state index in [0.29, 0.717) is 12.0 Å². The van der Waals surface area contributed by atoms with E-state index in [-0.39, 0.29) is 11.6 Å². The van der Waals surface area contributed by atoms with Gasteiger partial charge < -0.3 is 10.0 Å². The van der Waals surface area contributed by atoms with E-state index in [1.807, 2.05) is 18.2 Å². The van der Waals surface area contributed by atoms with Crippen LogP contribution in [0.4, 0.5) is 10.1 Å². The molecule has 0 bridgehead atoms. The van der Waals surface area contributed by atoms with Crippen LogP contribution in [0.15, 0.2) is 36.4 Å². The highest BCUT2D eigenvalue weighted by Crippen LogP contribution is 2.30. The lowest BCUT2D eigenvalue weighted by Crippen LogP contribution is -2.23. The number of aryl methyl sites for hydroxylation is 1. The van der Waals surface area contributed by atoms with Crippen molar-refractivity contribution in [3.05, 3.63) is 64.5 Å². The van der Waals surface area contributed by atoms with Crippen molar-refractivity contribution in [3.8, 4) is 0 Å². The zero-order chi connectivity index (χ0) is 17.3. The largest absolute Gasteiger partial charge is 0.388 e. The first-order valence-electron chi connectivity index (χ1n) is 8.28. The molecule has 2 aromatic carbocycles. The fourth-order valence-electron chi connectivity index (χ4n) is 3.24. The fraction of sp³-hybridized carbons (Fsp3) is 0.350. The Bertz CT molecular complexity index is 772. The van der Waals surface area contributed by atoms with Gasteiger partial charge in [0.2, 0.25) is 0 Å². The number of hydrogen-bond donors (Lipinski definition) is 1. The molecule has 1 aliphatic heterocycles. The molecule has 0 spiro atoms. The summed E-state index contributed by atoms with van der Waals surface area (Å²) < 4.78 is 13.3. The summed E-state index contributed by atoms with van der Waals surface area (Å²) >= 11 is 0. The molecule has 0 fully saturated rings. The van der Waals surface area contributed by atoms with Crippen LogP contribution in [0.1, 0.15) is 46.5 Å². The van der Waals surface area contributed by atoms with Crippen LogP contribution in [-0.2, 0) is 6.42 Å². The van der Waals surface area contributed by atoms with Crippen molar-refractivity contribution >= 4 is 11.5 Å². The first kappa shape index (κ1) is 16.7. The molecule has 126 valence electrons. The van der Waals surface area contributed by atoms with Crippen molar-refractivity contribution < 1.29 is 14.3 Å². The maximum atomic E-state index is 13.3. The molecule has 24 heavy (non-hydrogen) atoms. The Balaban J connectivity index is 1.66. The van der Waals surface area contributed by atoms with Gasteiger partial charge in [0.05, 0.1) is 6.10 Å². The number of fused-ring (bicyclic) bond motifs is 1. The van der Waals surface area contributed by atoms with Gasteiger partial charge in [-0.1, -0.05) is 12.1 Å². The Morgan fingerprint density at radius 3 is 2.79 bits per heavy atom. The minimum absolute atomic E-state index is 0.0818. The van der Waals surface area contributed by atoms with Crippen LogP contribution >= 0.6 is 0 Å². The SMILES string of the molecule is CC(=O)c1ccc2c(c1)CCN2CCC(O)c1ccc(F)c(C)c1. The third-order valence-electron chi connectivity index (χ3n) is 4.72. The average Bonchev–Trinajstić information content (AvgIpc) is 2.97. The monoisotopic (exact) mass is 327 g/mol. The van der Waals surface area contributed by atoms with E-state index in [2.05, 4.69) is 4.90 Å². The molecule has 2 aromatic rings. The molecule has 1 atom stereocenters. The number of aliphatic hydroxyl groups is 1. The molecule has 1 N–H and O–H groups in total. The van der Waals surface area contributed by atoms with Gasteiger partial charge in [-0.05, 0) is 67.6 Å². The van der Waals surface area contributed by atoms with Crippen molar-refractivity contribution in [2.75, 3.05) is 18.0 Å². The Hall–Kier alpha value is -2.20. The van der Waals surface area contributed by atoms with Crippen molar-refractivity contribution in [3.63, 3.8) is 0 Å². The lowest BCUT2D eigenvalue weighted by atomic mass is 10.0. The number of rotatable bonds is 5. The molecular weight excluding hydrogens is 305 g/mol. The summed E-state index contributed by atoms with van der Waals surface area (Å²) in [4.78, 5) is 13.7. The van der Waals surface area contributed by atoms with Crippen molar-refractivity contribution in [2.45, 2.75) is 32.8 Å². The van der Waals surface area contributed by atoms with Crippen LogP contribution in [0.25, 0.3) is 0 Å². The number of carbonyl (C=O) groups excluding carboxylic acids is 1. The van der Waals surface area contributed by atoms with Crippen molar-refractivity contribution in [1.82, 2.24) is 0 Å². The second-order valence-electron chi connectivity index (χ2n) is 6.45. The Morgan fingerprint density at radius 1 is 1.29 bits per heavy atom. The molecule has 1 aliphatic rings. The number of halogens is 1. The summed E-state index contributed by atoms with van der Waals surface area (Å²) in [5, 5.41) is 10.4. The molecule has 0 amide bonds. The van der Waals surface area contributed by atoms with Gasteiger partial charge in [0.25, 0.3) is 0 Å². The summed E-state index contributed by atoms with van der Waals surface area (Å²) in [6.45, 7) is 4.90. The van der Waals surface area contributed by atoms with Gasteiger partial charge in [-0.25, -0.2) is 4.39 Å². The predicted molar refractivity (Wildman–Crippen MR) is 93.1 cm³/mol. The van der Waals surface area contributed by atoms with E-state index in [0.717, 1.165) is 36.3 Å². The third kappa shape index (κ3) is 3.34. The van der Waals surface area contributed by atoms with Crippen molar-refractivity contribution in [1.29, 1.82) is 0 Å². The standard InChI is InChI=1S/C20H22FNO2/c1-13-11-17(3-5-18(13)21)20(24)8-10-22-9-7-16-12-15(14(2)23)4-6-19(16)22/h3-6,11-12,20,24H,7-10H2,1-2H3. The molecule has 4 heteroatoms. The minimum atomic E-state index is -0.607. The molecule has 3 rings (SSSR count). The molecule has 1 heterocycles. The minimum Gasteiger partial charge on any atom is -0.388 e. The van der Waals surface area contributed by atoms with Gasteiger partial charge >= 0.3 is 0 Å². The highest BCUT2D eigenvalue weighted by atomic mass is 19.1. The van der Waals surface area contributed by atoms with Crippen molar-refractivity contribution in [2.24, 2.45) is 0 Å². The zero-order valence-electron chi connectivity index (χ0n) is 14.1. The number of aliphatic hydroxyl groups excluding tert-OH is 1. The van der Waals surface area contributed by atoms with Crippen LogP contribution < -0.4 is 4.90 Å². The van der Waals surface area contributed by atoms with Crippen LogP contribution in [0.2, 0.25) is 0 Å². The third-order valence-corrected chi connectivity index (χ3v) is 4.72. The number of anilines is 1. The van der Waals surface area contributed by atoms with E-state index in [4.69, 9.17) is 0 Å². The van der Waals surface area contributed by atoms with Gasteiger partial charge in [0.1, 0.15) is 5.82 Å². The Labute approximate surface area is 141 Å². The van der Waals surface area contributed by atoms with Gasteiger partial charge in [0.15, 0.2) is 5.78 Å². The first-order chi connectivity index (χ1) is 11.5. The lowest BCUT2D eigenvalue weighted by Gasteiger charge is -2.21. The maximum Gasteiger partial charge on any atom is 0.159 e. The second kappa shape index (κ2) is 6.73. The summed E-state index contributed by atoms with van der Waals surface area (Å²) in [5.74, 6) is -0.168. The lowest BCUT2D eigenvalue weighted by molar-refractivity contribution is 0.101. The van der Waals surface area contributed by atoms with Crippen LogP contribution in [0.3, 0.4) is 0 Å². The molecular formula is C20H22FNO2. The van der Waals surface area contributed by atoms with Gasteiger partial charge in [-0.2, -0.15) is 0 Å². The van der Waals surface area contributed by atoms with E-state index in [1.165, 1.54) is 11.6 Å². The topological polar surface area (TPSA) is 40.5 Å². The highest BCUT2D eigenvalue weighted by Gasteiger charge is 2.21. The molecule has 0 saturated carbocycles. The highest BCUT2D eigenvalue weighted by molar-refractivity contribution is 5.94. The molecule has 0 aromatic heterocycles. The first-order valence-corrected chi connectivity index (χ1v) is 8.28. The molecule has 0 saturated heterocycles. The Kier molecular flexibility index (Phi) is 4.67. The summed E-state index contributed by atoms with van der Waals surface area (Å²) in [6, 6.07) is 10.6. The van der Waals surface area contributed by atoms with Gasteiger partial charge in [0, 0.05) is 24.3 Å². The fourth-order valence-corrected chi connectivity index (χ4v) is 3.24. The van der Waals surface area contributed by atoms with E-state index in [9.17, 15) is 14.3 Å². The molecule has 1 unspecified atom stereocenters. The van der Waals surface area contributed by atoms with Crippen LogP contribution in [0, 0.1) is 12.7 Å². The van der Waals surface area contributed by atoms with E-state index >= 15 is 0 Å². The van der Waals surface area contributed by atoms with Gasteiger partial charge in [-0.3, -0.25) is 4.79 Å². The number of ketones is 1. The number of benzene rings is 2. The number of carbonyl (C=O) groups is 1. The Morgan fingerprint density at radius 2 is 2.08 bits per heavy atom. The van der Waals surface area contributed by atoms with E-state index in [1.54, 1.807) is 26.0 Å². The molecule has 0 radical (unpaired) electrons. The second-order valence-corrected chi connectivity index (χ2v) is 6.45. The van der Waals surface area contributed by atoms with Crippen LogP contribution in [0.5, 0.6) is 0 Å².